The lowest BCUT2D eigenvalue weighted by molar-refractivity contribution is -0.122. The maximum atomic E-state index is 12.6. The first-order chi connectivity index (χ1) is 11.2. The van der Waals surface area contributed by atoms with Gasteiger partial charge in [0.1, 0.15) is 6.54 Å². The van der Waals surface area contributed by atoms with Crippen LogP contribution in [0.2, 0.25) is 0 Å². The standard InChI is InChI=1S/C17H19N3O2S/c1-2-9-18-15(21)11-20-14-7-4-3-6-13(14)19-10-5-8-17(19)23-12-16(20)22/h3-8,10H,2,9,11-12H2,1H3,(H,18,21). The first-order valence-corrected chi connectivity index (χ1v) is 8.66. The Kier molecular flexibility index (Phi) is 4.71. The third kappa shape index (κ3) is 3.27. The Bertz CT molecular complexity index is 726. The van der Waals surface area contributed by atoms with Gasteiger partial charge >= 0.3 is 0 Å². The second-order valence-electron chi connectivity index (χ2n) is 5.32. The van der Waals surface area contributed by atoms with Crippen LogP contribution in [0.4, 0.5) is 5.69 Å². The highest BCUT2D eigenvalue weighted by Crippen LogP contribution is 2.32. The molecule has 2 amide bonds. The number of anilines is 1. The molecule has 0 atom stereocenters. The van der Waals surface area contributed by atoms with Crippen LogP contribution in [0.15, 0.2) is 47.6 Å². The van der Waals surface area contributed by atoms with Gasteiger partial charge in [-0.1, -0.05) is 30.8 Å². The number of hydrogen-bond donors (Lipinski definition) is 1. The average molecular weight is 329 g/mol. The number of amides is 2. The van der Waals surface area contributed by atoms with Crippen molar-refractivity contribution in [3.05, 3.63) is 42.6 Å². The van der Waals surface area contributed by atoms with Gasteiger partial charge in [0, 0.05) is 12.7 Å². The van der Waals surface area contributed by atoms with E-state index in [0.29, 0.717) is 12.3 Å². The number of carbonyl (C=O) groups is 2. The molecule has 2 aromatic rings. The number of para-hydroxylation sites is 2. The Morgan fingerprint density at radius 1 is 1.22 bits per heavy atom. The number of fused-ring (bicyclic) bond motifs is 3. The summed E-state index contributed by atoms with van der Waals surface area (Å²) in [5, 5.41) is 3.86. The van der Waals surface area contributed by atoms with Crippen molar-refractivity contribution in [1.29, 1.82) is 0 Å². The van der Waals surface area contributed by atoms with Crippen LogP contribution < -0.4 is 10.2 Å². The molecule has 1 N–H and O–H groups in total. The van der Waals surface area contributed by atoms with Gasteiger partial charge in [0.25, 0.3) is 0 Å². The van der Waals surface area contributed by atoms with Crippen LogP contribution in [0, 0.1) is 0 Å². The second kappa shape index (κ2) is 6.91. The van der Waals surface area contributed by atoms with Crippen molar-refractivity contribution >= 4 is 29.3 Å². The molecule has 0 aliphatic carbocycles. The van der Waals surface area contributed by atoms with E-state index in [2.05, 4.69) is 9.88 Å². The van der Waals surface area contributed by atoms with Gasteiger partial charge in [-0.2, -0.15) is 0 Å². The Balaban J connectivity index is 1.97. The molecule has 0 bridgehead atoms. The van der Waals surface area contributed by atoms with E-state index in [1.807, 2.05) is 49.5 Å². The van der Waals surface area contributed by atoms with Crippen molar-refractivity contribution in [3.8, 4) is 5.69 Å². The van der Waals surface area contributed by atoms with Crippen molar-refractivity contribution in [2.24, 2.45) is 0 Å². The minimum absolute atomic E-state index is 0.0486. The van der Waals surface area contributed by atoms with Crippen LogP contribution >= 0.6 is 11.8 Å². The quantitative estimate of drug-likeness (QED) is 0.937. The summed E-state index contributed by atoms with van der Waals surface area (Å²) < 4.78 is 2.06. The Labute approximate surface area is 139 Å². The van der Waals surface area contributed by atoms with Crippen molar-refractivity contribution in [1.82, 2.24) is 9.88 Å². The van der Waals surface area contributed by atoms with Crippen LogP contribution in [0.25, 0.3) is 5.69 Å². The molecular formula is C17H19N3O2S. The summed E-state index contributed by atoms with van der Waals surface area (Å²) in [6, 6.07) is 11.6. The van der Waals surface area contributed by atoms with E-state index in [1.54, 1.807) is 4.90 Å². The van der Waals surface area contributed by atoms with Crippen LogP contribution in [-0.4, -0.2) is 35.2 Å². The SMILES string of the molecule is CCCNC(=O)CN1C(=O)CSc2cccn2-c2ccccc21. The molecule has 6 heteroatoms. The highest BCUT2D eigenvalue weighted by molar-refractivity contribution is 7.99. The summed E-state index contributed by atoms with van der Waals surface area (Å²) in [6.45, 7) is 2.67. The monoisotopic (exact) mass is 329 g/mol. The molecular weight excluding hydrogens is 310 g/mol. The Morgan fingerprint density at radius 2 is 2.00 bits per heavy atom. The summed E-state index contributed by atoms with van der Waals surface area (Å²) in [5.41, 5.74) is 1.68. The molecule has 0 spiro atoms. The number of nitrogens with one attached hydrogen (secondary N) is 1. The lowest BCUT2D eigenvalue weighted by Crippen LogP contribution is -2.42. The van der Waals surface area contributed by atoms with Crippen LogP contribution in [-0.2, 0) is 9.59 Å². The topological polar surface area (TPSA) is 54.3 Å². The van der Waals surface area contributed by atoms with Gasteiger partial charge in [-0.05, 0) is 30.7 Å². The predicted molar refractivity (Wildman–Crippen MR) is 92.1 cm³/mol. The second-order valence-corrected chi connectivity index (χ2v) is 6.32. The molecule has 120 valence electrons. The molecule has 0 unspecified atom stereocenters. The highest BCUT2D eigenvalue weighted by Gasteiger charge is 2.25. The first kappa shape index (κ1) is 15.7. The van der Waals surface area contributed by atoms with Gasteiger partial charge in [0.15, 0.2) is 0 Å². The molecule has 1 aliphatic heterocycles. The maximum absolute atomic E-state index is 12.6. The van der Waals surface area contributed by atoms with Crippen molar-refractivity contribution < 1.29 is 9.59 Å². The third-order valence-electron chi connectivity index (χ3n) is 3.66. The number of benzene rings is 1. The fraction of sp³-hybridized carbons (Fsp3) is 0.294. The van der Waals surface area contributed by atoms with E-state index in [-0.39, 0.29) is 18.4 Å². The summed E-state index contributed by atoms with van der Waals surface area (Å²) in [5.74, 6) is 0.134. The molecule has 5 nitrogen and oxygen atoms in total. The predicted octanol–water partition coefficient (Wildman–Crippen LogP) is 2.44. The van der Waals surface area contributed by atoms with Gasteiger partial charge < -0.3 is 14.8 Å². The van der Waals surface area contributed by atoms with E-state index in [0.717, 1.165) is 22.8 Å². The summed E-state index contributed by atoms with van der Waals surface area (Å²) in [6.07, 6.45) is 2.85. The molecule has 1 aromatic heterocycles. The summed E-state index contributed by atoms with van der Waals surface area (Å²) in [4.78, 5) is 26.3. The van der Waals surface area contributed by atoms with E-state index < -0.39 is 0 Å². The smallest absolute Gasteiger partial charge is 0.240 e. The summed E-state index contributed by atoms with van der Waals surface area (Å²) >= 11 is 1.49. The van der Waals surface area contributed by atoms with E-state index >= 15 is 0 Å². The number of thioether (sulfide) groups is 1. The third-order valence-corrected chi connectivity index (χ3v) is 4.68. The van der Waals surface area contributed by atoms with Crippen LogP contribution in [0.5, 0.6) is 0 Å². The van der Waals surface area contributed by atoms with E-state index in [4.69, 9.17) is 0 Å². The van der Waals surface area contributed by atoms with E-state index in [1.165, 1.54) is 11.8 Å². The van der Waals surface area contributed by atoms with Crippen molar-refractivity contribution in [3.63, 3.8) is 0 Å². The Hall–Kier alpha value is -2.21. The van der Waals surface area contributed by atoms with Gasteiger partial charge in [-0.25, -0.2) is 0 Å². The molecule has 2 heterocycles. The summed E-state index contributed by atoms with van der Waals surface area (Å²) in [7, 11) is 0. The van der Waals surface area contributed by atoms with E-state index in [9.17, 15) is 9.59 Å². The fourth-order valence-corrected chi connectivity index (χ4v) is 3.46. The van der Waals surface area contributed by atoms with Gasteiger partial charge in [0.05, 0.1) is 22.2 Å². The van der Waals surface area contributed by atoms with Crippen LogP contribution in [0.1, 0.15) is 13.3 Å². The normalized spacial score (nSPS) is 13.8. The number of nitrogens with zero attached hydrogens (tertiary/aromatic N) is 2. The zero-order valence-electron chi connectivity index (χ0n) is 13.0. The first-order valence-electron chi connectivity index (χ1n) is 7.67. The largest absolute Gasteiger partial charge is 0.355 e. The minimum atomic E-state index is -0.131. The highest BCUT2D eigenvalue weighted by atomic mass is 32.2. The molecule has 1 aromatic carbocycles. The van der Waals surface area contributed by atoms with Crippen LogP contribution in [0.3, 0.4) is 0 Å². The van der Waals surface area contributed by atoms with Crippen molar-refractivity contribution in [2.45, 2.75) is 18.4 Å². The van der Waals surface area contributed by atoms with Crippen molar-refractivity contribution in [2.75, 3.05) is 23.7 Å². The maximum Gasteiger partial charge on any atom is 0.240 e. The number of aromatic nitrogens is 1. The zero-order chi connectivity index (χ0) is 16.2. The average Bonchev–Trinajstić information content (AvgIpc) is 3.02. The van der Waals surface area contributed by atoms with Gasteiger partial charge in [0.2, 0.25) is 11.8 Å². The molecule has 3 rings (SSSR count). The Morgan fingerprint density at radius 3 is 2.78 bits per heavy atom. The fourth-order valence-electron chi connectivity index (χ4n) is 2.56. The minimum Gasteiger partial charge on any atom is -0.355 e. The molecule has 23 heavy (non-hydrogen) atoms. The zero-order valence-corrected chi connectivity index (χ0v) is 13.8. The van der Waals surface area contributed by atoms with Gasteiger partial charge in [-0.3, -0.25) is 9.59 Å². The lowest BCUT2D eigenvalue weighted by atomic mass is 10.2. The molecule has 0 fully saturated rings. The molecule has 1 aliphatic rings. The molecule has 0 radical (unpaired) electrons. The lowest BCUT2D eigenvalue weighted by Gasteiger charge is -2.27. The number of rotatable bonds is 4. The number of hydrogen-bond acceptors (Lipinski definition) is 3. The van der Waals surface area contributed by atoms with Gasteiger partial charge in [-0.15, -0.1) is 0 Å². The number of carbonyl (C=O) groups excluding carboxylic acids is 2. The molecule has 0 saturated heterocycles. The molecule has 0 saturated carbocycles.